The zero-order chi connectivity index (χ0) is 10.1. The summed E-state index contributed by atoms with van der Waals surface area (Å²) in [6.45, 7) is 0. The van der Waals surface area contributed by atoms with Crippen LogP contribution in [0.25, 0.3) is 10.8 Å². The minimum Gasteiger partial charge on any atom is -0.388 e. The smallest absolute Gasteiger partial charge is 0.168 e. The molecule has 1 N–H and O–H groups in total. The summed E-state index contributed by atoms with van der Waals surface area (Å²) < 4.78 is 26.4. The van der Waals surface area contributed by atoms with Crippen LogP contribution in [0.5, 0.6) is 0 Å². The molecule has 0 amide bonds. The van der Waals surface area contributed by atoms with E-state index in [0.717, 1.165) is 6.07 Å². The van der Waals surface area contributed by atoms with Gasteiger partial charge in [0.15, 0.2) is 11.6 Å². The average molecular weight is 193 g/mol. The van der Waals surface area contributed by atoms with Crippen molar-refractivity contribution in [1.82, 2.24) is 0 Å². The summed E-state index contributed by atoms with van der Waals surface area (Å²) >= 11 is 0. The number of fused-ring (bicyclic) bond motifs is 1. The quantitative estimate of drug-likeness (QED) is 0.733. The van der Waals surface area contributed by atoms with Crippen molar-refractivity contribution in [3.63, 3.8) is 0 Å². The van der Waals surface area contributed by atoms with Crippen LogP contribution in [-0.2, 0) is 0 Å². The lowest BCUT2D eigenvalue weighted by Crippen LogP contribution is -1.93. The third-order valence-electron chi connectivity index (χ3n) is 2.20. The van der Waals surface area contributed by atoms with E-state index in [1.165, 1.54) is 0 Å². The molecular weight excluding hydrogens is 184 g/mol. The SMILES string of the molecule is CNc1cccc2ccc(F)c(F)c12. The molecule has 0 aromatic heterocycles. The van der Waals surface area contributed by atoms with E-state index in [2.05, 4.69) is 5.32 Å². The van der Waals surface area contributed by atoms with Crippen molar-refractivity contribution in [3.05, 3.63) is 42.0 Å². The van der Waals surface area contributed by atoms with Crippen molar-refractivity contribution < 1.29 is 8.78 Å². The second-order valence-corrected chi connectivity index (χ2v) is 3.02. The number of nitrogens with one attached hydrogen (secondary N) is 1. The Morgan fingerprint density at radius 1 is 1.07 bits per heavy atom. The molecule has 0 spiro atoms. The number of halogens is 2. The molecule has 0 saturated carbocycles. The van der Waals surface area contributed by atoms with Gasteiger partial charge in [-0.3, -0.25) is 0 Å². The Balaban J connectivity index is 2.89. The Morgan fingerprint density at radius 2 is 1.86 bits per heavy atom. The van der Waals surface area contributed by atoms with Gasteiger partial charge in [0.1, 0.15) is 0 Å². The molecule has 1 nitrogen and oxygen atoms in total. The van der Waals surface area contributed by atoms with Crippen LogP contribution in [0, 0.1) is 11.6 Å². The zero-order valence-electron chi connectivity index (χ0n) is 7.64. The van der Waals surface area contributed by atoms with Gasteiger partial charge >= 0.3 is 0 Å². The molecule has 0 bridgehead atoms. The topological polar surface area (TPSA) is 12.0 Å². The van der Waals surface area contributed by atoms with Gasteiger partial charge in [0.05, 0.1) is 0 Å². The minimum absolute atomic E-state index is 0.301. The molecule has 3 heteroatoms. The first-order valence-corrected chi connectivity index (χ1v) is 4.28. The van der Waals surface area contributed by atoms with Crippen molar-refractivity contribution in [1.29, 1.82) is 0 Å². The lowest BCUT2D eigenvalue weighted by atomic mass is 10.1. The molecule has 0 fully saturated rings. The Hall–Kier alpha value is -1.64. The van der Waals surface area contributed by atoms with E-state index in [-0.39, 0.29) is 0 Å². The van der Waals surface area contributed by atoms with E-state index >= 15 is 0 Å². The predicted octanol–water partition coefficient (Wildman–Crippen LogP) is 3.16. The minimum atomic E-state index is -0.819. The van der Waals surface area contributed by atoms with Crippen LogP contribution < -0.4 is 5.32 Å². The highest BCUT2D eigenvalue weighted by Gasteiger charge is 2.09. The number of rotatable bonds is 1. The molecule has 0 saturated heterocycles. The molecule has 0 aliphatic heterocycles. The summed E-state index contributed by atoms with van der Waals surface area (Å²) in [5.41, 5.74) is 0.597. The first-order valence-electron chi connectivity index (χ1n) is 4.28. The summed E-state index contributed by atoms with van der Waals surface area (Å²) in [5, 5.41) is 3.82. The number of benzene rings is 2. The van der Waals surface area contributed by atoms with Crippen LogP contribution >= 0.6 is 0 Å². The van der Waals surface area contributed by atoms with Crippen molar-refractivity contribution >= 4 is 16.5 Å². The molecule has 0 unspecified atom stereocenters. The first-order chi connectivity index (χ1) is 6.74. The summed E-state index contributed by atoms with van der Waals surface area (Å²) in [6, 6.07) is 7.96. The largest absolute Gasteiger partial charge is 0.388 e. The summed E-state index contributed by atoms with van der Waals surface area (Å²) in [7, 11) is 1.68. The molecule has 2 rings (SSSR count). The Morgan fingerprint density at radius 3 is 2.57 bits per heavy atom. The first kappa shape index (κ1) is 8.94. The van der Waals surface area contributed by atoms with Crippen LogP contribution in [0.1, 0.15) is 0 Å². The van der Waals surface area contributed by atoms with E-state index in [4.69, 9.17) is 0 Å². The molecule has 0 radical (unpaired) electrons. The molecule has 14 heavy (non-hydrogen) atoms. The summed E-state index contributed by atoms with van der Waals surface area (Å²) in [5.74, 6) is -1.62. The highest BCUT2D eigenvalue weighted by atomic mass is 19.2. The van der Waals surface area contributed by atoms with Crippen LogP contribution in [0.2, 0.25) is 0 Å². The number of anilines is 1. The van der Waals surface area contributed by atoms with Crippen LogP contribution in [0.4, 0.5) is 14.5 Å². The normalized spacial score (nSPS) is 10.5. The van der Waals surface area contributed by atoms with Crippen molar-refractivity contribution in [2.45, 2.75) is 0 Å². The molecular formula is C11H9F2N. The van der Waals surface area contributed by atoms with E-state index in [1.807, 2.05) is 0 Å². The Labute approximate surface area is 80.4 Å². The average Bonchev–Trinajstić information content (AvgIpc) is 2.23. The lowest BCUT2D eigenvalue weighted by Gasteiger charge is -2.06. The highest BCUT2D eigenvalue weighted by molar-refractivity contribution is 5.94. The molecule has 0 aliphatic rings. The van der Waals surface area contributed by atoms with E-state index in [1.54, 1.807) is 31.3 Å². The van der Waals surface area contributed by atoms with Gasteiger partial charge in [-0.2, -0.15) is 0 Å². The second kappa shape index (κ2) is 3.25. The highest BCUT2D eigenvalue weighted by Crippen LogP contribution is 2.27. The van der Waals surface area contributed by atoms with Gasteiger partial charge in [-0.15, -0.1) is 0 Å². The van der Waals surface area contributed by atoms with E-state index in [0.29, 0.717) is 16.5 Å². The fraction of sp³-hybridized carbons (Fsp3) is 0.0909. The molecule has 0 aliphatic carbocycles. The molecule has 2 aromatic carbocycles. The fourth-order valence-electron chi connectivity index (χ4n) is 1.52. The number of hydrogen-bond donors (Lipinski definition) is 1. The maximum absolute atomic E-state index is 13.4. The fourth-order valence-corrected chi connectivity index (χ4v) is 1.52. The van der Waals surface area contributed by atoms with Gasteiger partial charge in [0.2, 0.25) is 0 Å². The lowest BCUT2D eigenvalue weighted by molar-refractivity contribution is 0.517. The molecule has 0 heterocycles. The van der Waals surface area contributed by atoms with Gasteiger partial charge in [0.25, 0.3) is 0 Å². The molecule has 72 valence electrons. The maximum atomic E-state index is 13.4. The van der Waals surface area contributed by atoms with Gasteiger partial charge in [-0.05, 0) is 17.5 Å². The van der Waals surface area contributed by atoms with Crippen molar-refractivity contribution in [3.8, 4) is 0 Å². The molecule has 2 aromatic rings. The number of hydrogen-bond acceptors (Lipinski definition) is 1. The second-order valence-electron chi connectivity index (χ2n) is 3.02. The van der Waals surface area contributed by atoms with Crippen LogP contribution in [0.3, 0.4) is 0 Å². The van der Waals surface area contributed by atoms with Crippen LogP contribution in [0.15, 0.2) is 30.3 Å². The summed E-state index contributed by atoms with van der Waals surface area (Å²) in [4.78, 5) is 0. The van der Waals surface area contributed by atoms with Gasteiger partial charge in [-0.25, -0.2) is 8.78 Å². The predicted molar refractivity (Wildman–Crippen MR) is 53.4 cm³/mol. The van der Waals surface area contributed by atoms with Crippen molar-refractivity contribution in [2.75, 3.05) is 12.4 Å². The summed E-state index contributed by atoms with van der Waals surface area (Å²) in [6.07, 6.45) is 0. The van der Waals surface area contributed by atoms with Crippen LogP contribution in [-0.4, -0.2) is 7.05 Å². The van der Waals surface area contributed by atoms with Gasteiger partial charge in [0, 0.05) is 18.1 Å². The maximum Gasteiger partial charge on any atom is 0.168 e. The van der Waals surface area contributed by atoms with Gasteiger partial charge < -0.3 is 5.32 Å². The van der Waals surface area contributed by atoms with Crippen molar-refractivity contribution in [2.24, 2.45) is 0 Å². The zero-order valence-corrected chi connectivity index (χ0v) is 7.64. The van der Waals surface area contributed by atoms with Gasteiger partial charge in [-0.1, -0.05) is 18.2 Å². The Bertz CT molecular complexity index is 480. The Kier molecular flexibility index (Phi) is 2.08. The monoisotopic (exact) mass is 193 g/mol. The van der Waals surface area contributed by atoms with E-state index in [9.17, 15) is 8.78 Å². The third kappa shape index (κ3) is 1.21. The standard InChI is InChI=1S/C11H9F2N/c1-14-9-4-2-3-7-5-6-8(12)11(13)10(7)9/h2-6,14H,1H3. The third-order valence-corrected chi connectivity index (χ3v) is 2.20. The molecule has 0 atom stereocenters. The van der Waals surface area contributed by atoms with E-state index < -0.39 is 11.6 Å².